The summed E-state index contributed by atoms with van der Waals surface area (Å²) in [7, 11) is 0. The number of hydrogen-bond donors (Lipinski definition) is 1. The molecule has 10 heteroatoms. The normalized spacial score (nSPS) is 11.3. The Balaban J connectivity index is 1.74. The van der Waals surface area contributed by atoms with E-state index < -0.39 is 6.36 Å². The molecule has 0 saturated heterocycles. The Bertz CT molecular complexity index is 1270. The first-order chi connectivity index (χ1) is 15.7. The standard InChI is InChI=1S/C23H14Cl2F3N3O2/c24-16-9-15(10-17(25)11-16)21-12-22(29-18-3-1-14(13-32)2-4-18)31(30-21)19-5-7-20(8-6-19)33-23(26,27)28/h1-13,29H. The van der Waals surface area contributed by atoms with Gasteiger partial charge in [-0.15, -0.1) is 13.2 Å². The van der Waals surface area contributed by atoms with Gasteiger partial charge in [0.1, 0.15) is 17.9 Å². The number of aldehydes is 1. The van der Waals surface area contributed by atoms with Crippen molar-refractivity contribution in [3.8, 4) is 22.7 Å². The number of carbonyl (C=O) groups is 1. The average molecular weight is 492 g/mol. The van der Waals surface area contributed by atoms with Crippen molar-refractivity contribution in [1.29, 1.82) is 0 Å². The lowest BCUT2D eigenvalue weighted by atomic mass is 10.1. The van der Waals surface area contributed by atoms with Crippen LogP contribution in [-0.4, -0.2) is 22.4 Å². The Labute approximate surface area is 196 Å². The van der Waals surface area contributed by atoms with Crippen LogP contribution in [0.25, 0.3) is 16.9 Å². The molecule has 1 heterocycles. The molecule has 3 aromatic carbocycles. The van der Waals surface area contributed by atoms with Crippen LogP contribution in [0, 0.1) is 0 Å². The SMILES string of the molecule is O=Cc1ccc(Nc2cc(-c3cc(Cl)cc(Cl)c3)nn2-c2ccc(OC(F)(F)F)cc2)cc1. The Morgan fingerprint density at radius 3 is 2.12 bits per heavy atom. The van der Waals surface area contributed by atoms with Crippen molar-refractivity contribution in [2.45, 2.75) is 6.36 Å². The third-order valence-electron chi connectivity index (χ3n) is 4.50. The van der Waals surface area contributed by atoms with E-state index in [1.54, 1.807) is 48.5 Å². The van der Waals surface area contributed by atoms with Gasteiger partial charge in [-0.05, 0) is 66.7 Å². The van der Waals surface area contributed by atoms with Crippen LogP contribution >= 0.6 is 23.2 Å². The minimum Gasteiger partial charge on any atom is -0.406 e. The highest BCUT2D eigenvalue weighted by Gasteiger charge is 2.31. The number of ether oxygens (including phenoxy) is 1. The first-order valence-corrected chi connectivity index (χ1v) is 10.2. The largest absolute Gasteiger partial charge is 0.573 e. The zero-order chi connectivity index (χ0) is 23.6. The van der Waals surface area contributed by atoms with E-state index in [-0.39, 0.29) is 5.75 Å². The fourth-order valence-corrected chi connectivity index (χ4v) is 3.62. The van der Waals surface area contributed by atoms with E-state index in [1.165, 1.54) is 28.9 Å². The molecule has 0 amide bonds. The maximum atomic E-state index is 12.5. The smallest absolute Gasteiger partial charge is 0.406 e. The number of anilines is 2. The molecule has 0 bridgehead atoms. The summed E-state index contributed by atoms with van der Waals surface area (Å²) in [6.07, 6.45) is -4.05. The summed E-state index contributed by atoms with van der Waals surface area (Å²) < 4.78 is 42.9. The number of carbonyl (C=O) groups excluding carboxylic acids is 1. The first-order valence-electron chi connectivity index (χ1n) is 9.45. The molecule has 0 spiro atoms. The summed E-state index contributed by atoms with van der Waals surface area (Å²) in [4.78, 5) is 10.9. The Kier molecular flexibility index (Phi) is 6.31. The maximum absolute atomic E-state index is 12.5. The van der Waals surface area contributed by atoms with Crippen molar-refractivity contribution in [2.24, 2.45) is 0 Å². The number of hydrogen-bond acceptors (Lipinski definition) is 4. The van der Waals surface area contributed by atoms with Crippen LogP contribution in [0.15, 0.2) is 72.8 Å². The van der Waals surface area contributed by atoms with Crippen molar-refractivity contribution < 1.29 is 22.7 Å². The van der Waals surface area contributed by atoms with Gasteiger partial charge in [0.15, 0.2) is 0 Å². The Hall–Kier alpha value is -3.49. The molecular formula is C23H14Cl2F3N3O2. The molecule has 0 aliphatic rings. The minimum atomic E-state index is -4.79. The molecule has 0 aliphatic heterocycles. The van der Waals surface area contributed by atoms with Crippen LogP contribution in [0.4, 0.5) is 24.7 Å². The van der Waals surface area contributed by atoms with Crippen LogP contribution in [0.1, 0.15) is 10.4 Å². The van der Waals surface area contributed by atoms with Crippen LogP contribution < -0.4 is 10.1 Å². The molecule has 33 heavy (non-hydrogen) atoms. The Morgan fingerprint density at radius 1 is 0.909 bits per heavy atom. The lowest BCUT2D eigenvalue weighted by molar-refractivity contribution is -0.274. The molecular weight excluding hydrogens is 478 g/mol. The number of aromatic nitrogens is 2. The van der Waals surface area contributed by atoms with Gasteiger partial charge in [-0.25, -0.2) is 4.68 Å². The van der Waals surface area contributed by atoms with E-state index in [0.717, 1.165) is 6.29 Å². The summed E-state index contributed by atoms with van der Waals surface area (Å²) in [6, 6.07) is 18.8. The van der Waals surface area contributed by atoms with Crippen LogP contribution in [0.2, 0.25) is 10.0 Å². The number of nitrogens with one attached hydrogen (secondary N) is 1. The van der Waals surface area contributed by atoms with Gasteiger partial charge in [0, 0.05) is 32.9 Å². The molecule has 0 atom stereocenters. The molecule has 1 aromatic heterocycles. The second kappa shape index (κ2) is 9.17. The number of rotatable bonds is 6. The second-order valence-corrected chi connectivity index (χ2v) is 7.76. The van der Waals surface area contributed by atoms with Gasteiger partial charge in [-0.2, -0.15) is 5.10 Å². The summed E-state index contributed by atoms with van der Waals surface area (Å²) in [5.41, 5.74) is 2.86. The van der Waals surface area contributed by atoms with E-state index in [2.05, 4.69) is 15.2 Å². The third kappa shape index (κ3) is 5.66. The second-order valence-electron chi connectivity index (χ2n) is 6.89. The van der Waals surface area contributed by atoms with Gasteiger partial charge < -0.3 is 10.1 Å². The zero-order valence-electron chi connectivity index (χ0n) is 16.6. The third-order valence-corrected chi connectivity index (χ3v) is 4.94. The number of alkyl halides is 3. The van der Waals surface area contributed by atoms with Gasteiger partial charge in [-0.1, -0.05) is 23.2 Å². The molecule has 0 saturated carbocycles. The van der Waals surface area contributed by atoms with Gasteiger partial charge in [-0.3, -0.25) is 4.79 Å². The van der Waals surface area contributed by atoms with Crippen LogP contribution in [0.5, 0.6) is 5.75 Å². The van der Waals surface area contributed by atoms with Crippen molar-refractivity contribution in [1.82, 2.24) is 9.78 Å². The van der Waals surface area contributed by atoms with E-state index >= 15 is 0 Å². The maximum Gasteiger partial charge on any atom is 0.573 e. The highest BCUT2D eigenvalue weighted by molar-refractivity contribution is 6.35. The molecule has 0 radical (unpaired) electrons. The molecule has 5 nitrogen and oxygen atoms in total. The Morgan fingerprint density at radius 2 is 1.55 bits per heavy atom. The minimum absolute atomic E-state index is 0.348. The van der Waals surface area contributed by atoms with Crippen molar-refractivity contribution in [3.05, 3.63) is 88.4 Å². The first kappa shape index (κ1) is 22.7. The predicted molar refractivity (Wildman–Crippen MR) is 121 cm³/mol. The monoisotopic (exact) mass is 491 g/mol. The van der Waals surface area contributed by atoms with Crippen molar-refractivity contribution in [3.63, 3.8) is 0 Å². The molecule has 1 N–H and O–H groups in total. The summed E-state index contributed by atoms with van der Waals surface area (Å²) in [6.45, 7) is 0. The molecule has 0 fully saturated rings. The van der Waals surface area contributed by atoms with Crippen molar-refractivity contribution >= 4 is 41.0 Å². The summed E-state index contributed by atoms with van der Waals surface area (Å²) in [5, 5.41) is 8.65. The zero-order valence-corrected chi connectivity index (χ0v) is 18.1. The molecule has 168 valence electrons. The van der Waals surface area contributed by atoms with E-state index in [1.807, 2.05) is 0 Å². The molecule has 0 unspecified atom stereocenters. The highest BCUT2D eigenvalue weighted by Crippen LogP contribution is 2.31. The van der Waals surface area contributed by atoms with E-state index in [4.69, 9.17) is 23.2 Å². The van der Waals surface area contributed by atoms with Gasteiger partial charge >= 0.3 is 6.36 Å². The predicted octanol–water partition coefficient (Wildman–Crippen LogP) is 7.30. The summed E-state index contributed by atoms with van der Waals surface area (Å²) in [5.74, 6) is 0.170. The number of benzene rings is 3. The highest BCUT2D eigenvalue weighted by atomic mass is 35.5. The fourth-order valence-electron chi connectivity index (χ4n) is 3.09. The molecule has 4 aromatic rings. The molecule has 0 aliphatic carbocycles. The lowest BCUT2D eigenvalue weighted by Gasteiger charge is -2.12. The number of halogens is 5. The van der Waals surface area contributed by atoms with Gasteiger partial charge in [0.25, 0.3) is 0 Å². The lowest BCUT2D eigenvalue weighted by Crippen LogP contribution is -2.17. The van der Waals surface area contributed by atoms with Gasteiger partial charge in [0.05, 0.1) is 11.4 Å². The average Bonchev–Trinajstić information content (AvgIpc) is 3.17. The molecule has 4 rings (SSSR count). The van der Waals surface area contributed by atoms with Crippen molar-refractivity contribution in [2.75, 3.05) is 5.32 Å². The van der Waals surface area contributed by atoms with E-state index in [0.29, 0.717) is 44.1 Å². The number of nitrogens with zero attached hydrogens (tertiary/aromatic N) is 2. The summed E-state index contributed by atoms with van der Waals surface area (Å²) >= 11 is 12.2. The van der Waals surface area contributed by atoms with Gasteiger partial charge in [0.2, 0.25) is 0 Å². The van der Waals surface area contributed by atoms with Crippen LogP contribution in [0.3, 0.4) is 0 Å². The van der Waals surface area contributed by atoms with Crippen LogP contribution in [-0.2, 0) is 0 Å². The van der Waals surface area contributed by atoms with E-state index in [9.17, 15) is 18.0 Å². The topological polar surface area (TPSA) is 56.2 Å². The quantitative estimate of drug-likeness (QED) is 0.287. The fraction of sp³-hybridized carbons (Fsp3) is 0.0435.